The summed E-state index contributed by atoms with van der Waals surface area (Å²) < 4.78 is 40.2. The minimum atomic E-state index is -1.68. The zero-order valence-electron chi connectivity index (χ0n) is 10.3. The average Bonchev–Trinajstić information content (AvgIpc) is 2.32. The van der Waals surface area contributed by atoms with E-state index < -0.39 is 29.9 Å². The molecule has 1 aromatic carbocycles. The molecule has 0 amide bonds. The van der Waals surface area contributed by atoms with Crippen molar-refractivity contribution in [2.24, 2.45) is 0 Å². The molecule has 0 aliphatic carbocycles. The van der Waals surface area contributed by atoms with E-state index in [1.807, 2.05) is 0 Å². The number of hydrogen-bond acceptors (Lipinski definition) is 4. The lowest BCUT2D eigenvalue weighted by Crippen LogP contribution is -2.49. The van der Waals surface area contributed by atoms with E-state index >= 15 is 0 Å². The molecule has 0 saturated carbocycles. The summed E-state index contributed by atoms with van der Waals surface area (Å²) in [7, 11) is 0. The van der Waals surface area contributed by atoms with Crippen LogP contribution in [0.5, 0.6) is 0 Å². The van der Waals surface area contributed by atoms with Crippen molar-refractivity contribution in [2.75, 3.05) is 29.9 Å². The lowest BCUT2D eigenvalue weighted by atomic mass is 10.1. The zero-order valence-corrected chi connectivity index (χ0v) is 10.3. The highest BCUT2D eigenvalue weighted by Crippen LogP contribution is 2.30. The van der Waals surface area contributed by atoms with Crippen molar-refractivity contribution in [3.8, 4) is 0 Å². The van der Waals surface area contributed by atoms with E-state index in [0.29, 0.717) is 0 Å². The molecule has 5 nitrogen and oxygen atoms in total. The van der Waals surface area contributed by atoms with Crippen molar-refractivity contribution in [3.63, 3.8) is 0 Å². The molecule has 8 heteroatoms. The summed E-state index contributed by atoms with van der Waals surface area (Å²) >= 11 is 0. The Kier molecular flexibility index (Phi) is 4.03. The molecule has 110 valence electrons. The number of aliphatic hydroxyl groups excluding tert-OH is 1. The third-order valence-electron chi connectivity index (χ3n) is 2.95. The lowest BCUT2D eigenvalue weighted by Gasteiger charge is -2.36. The summed E-state index contributed by atoms with van der Waals surface area (Å²) in [6.07, 6.45) is -2.76. The highest BCUT2D eigenvalue weighted by atomic mass is 19.1. The Balaban J connectivity index is 2.08. The molecule has 0 aromatic heterocycles. The molecule has 0 bridgehead atoms. The second kappa shape index (κ2) is 5.58. The molecule has 1 atom stereocenters. The van der Waals surface area contributed by atoms with Gasteiger partial charge in [0.25, 0.3) is 0 Å². The van der Waals surface area contributed by atoms with Crippen LogP contribution in [0.2, 0.25) is 0 Å². The summed E-state index contributed by atoms with van der Waals surface area (Å²) in [6, 6.07) is 1.94. The van der Waals surface area contributed by atoms with E-state index in [1.165, 1.54) is 4.90 Å². The fourth-order valence-corrected chi connectivity index (χ4v) is 1.88. The number of nitrogens with zero attached hydrogens (tertiary/aromatic N) is 1. The number of hydrogen-bond donors (Lipinski definition) is 3. The van der Waals surface area contributed by atoms with E-state index in [1.54, 1.807) is 0 Å². The Bertz CT molecular complexity index is 498. The van der Waals surface area contributed by atoms with Crippen LogP contribution in [0.3, 0.4) is 0 Å². The maximum absolute atomic E-state index is 13.8. The van der Waals surface area contributed by atoms with Crippen LogP contribution in [0.4, 0.5) is 24.5 Å². The Morgan fingerprint density at radius 1 is 1.40 bits per heavy atom. The number of carboxylic acids is 1. The van der Waals surface area contributed by atoms with Gasteiger partial charge in [-0.3, -0.25) is 0 Å². The van der Waals surface area contributed by atoms with Crippen LogP contribution in [-0.2, 0) is 4.79 Å². The van der Waals surface area contributed by atoms with Crippen LogP contribution in [0.15, 0.2) is 12.1 Å². The van der Waals surface area contributed by atoms with E-state index in [0.717, 1.165) is 12.1 Å². The first-order chi connectivity index (χ1) is 9.38. The van der Waals surface area contributed by atoms with Gasteiger partial charge >= 0.3 is 5.97 Å². The molecule has 1 fully saturated rings. The number of carboxylic acid groups (broad SMARTS) is 1. The van der Waals surface area contributed by atoms with Gasteiger partial charge in [0, 0.05) is 5.69 Å². The maximum Gasteiger partial charge on any atom is 0.334 e. The maximum atomic E-state index is 13.8. The molecule has 1 aromatic rings. The van der Waals surface area contributed by atoms with Crippen molar-refractivity contribution < 1.29 is 28.2 Å². The molecular weight excluding hydrogens is 277 g/mol. The lowest BCUT2D eigenvalue weighted by molar-refractivity contribution is -0.145. The Hall–Kier alpha value is -1.96. The van der Waals surface area contributed by atoms with E-state index in [2.05, 4.69) is 5.32 Å². The van der Waals surface area contributed by atoms with Crippen molar-refractivity contribution in [2.45, 2.75) is 12.3 Å². The van der Waals surface area contributed by atoms with Crippen LogP contribution in [-0.4, -0.2) is 48.1 Å². The summed E-state index contributed by atoms with van der Waals surface area (Å²) in [4.78, 5) is 11.6. The molecule has 0 unspecified atom stereocenters. The molecule has 1 aliphatic rings. The molecular formula is C12H13F3N2O3. The highest BCUT2D eigenvalue weighted by Gasteiger charge is 2.30. The summed E-state index contributed by atoms with van der Waals surface area (Å²) in [6.45, 7) is -0.499. The van der Waals surface area contributed by atoms with Crippen molar-refractivity contribution in [1.29, 1.82) is 0 Å². The van der Waals surface area contributed by atoms with E-state index in [9.17, 15) is 18.0 Å². The summed E-state index contributed by atoms with van der Waals surface area (Å²) in [5.74, 6) is -3.18. The normalized spacial score (nSPS) is 16.7. The molecule has 2 rings (SSSR count). The Morgan fingerprint density at radius 2 is 1.95 bits per heavy atom. The van der Waals surface area contributed by atoms with Gasteiger partial charge in [0.15, 0.2) is 17.7 Å². The largest absolute Gasteiger partial charge is 0.479 e. The first-order valence-corrected chi connectivity index (χ1v) is 5.91. The second-order valence-electron chi connectivity index (χ2n) is 4.53. The van der Waals surface area contributed by atoms with Gasteiger partial charge < -0.3 is 20.4 Å². The van der Waals surface area contributed by atoms with Gasteiger partial charge in [-0.1, -0.05) is 0 Å². The third kappa shape index (κ3) is 2.96. The zero-order chi connectivity index (χ0) is 14.9. The fourth-order valence-electron chi connectivity index (χ4n) is 1.88. The minimum absolute atomic E-state index is 0.00127. The second-order valence-corrected chi connectivity index (χ2v) is 4.53. The van der Waals surface area contributed by atoms with Crippen molar-refractivity contribution in [3.05, 3.63) is 23.8 Å². The predicted octanol–water partition coefficient (Wildman–Crippen LogP) is 0.980. The number of rotatable bonds is 5. The Morgan fingerprint density at radius 3 is 2.40 bits per heavy atom. The first-order valence-electron chi connectivity index (χ1n) is 5.91. The van der Waals surface area contributed by atoms with Crippen LogP contribution in [0, 0.1) is 11.6 Å². The fraction of sp³-hybridized carbons (Fsp3) is 0.417. The van der Waals surface area contributed by atoms with E-state index in [-0.39, 0.29) is 31.0 Å². The van der Waals surface area contributed by atoms with Crippen LogP contribution in [0.25, 0.3) is 0 Å². The van der Waals surface area contributed by atoms with Gasteiger partial charge in [0.05, 0.1) is 19.6 Å². The number of halogens is 3. The van der Waals surface area contributed by atoms with Crippen LogP contribution < -0.4 is 10.2 Å². The van der Waals surface area contributed by atoms with Gasteiger partial charge in [-0.15, -0.1) is 0 Å². The molecule has 0 radical (unpaired) electrons. The number of alkyl halides is 1. The number of aliphatic hydroxyl groups is 1. The quantitative estimate of drug-likeness (QED) is 0.754. The molecule has 1 aliphatic heterocycles. The van der Waals surface area contributed by atoms with Gasteiger partial charge in [-0.05, 0) is 12.1 Å². The topological polar surface area (TPSA) is 72.8 Å². The number of anilines is 2. The number of aliphatic carboxylic acids is 1. The van der Waals surface area contributed by atoms with Gasteiger partial charge in [-0.2, -0.15) is 0 Å². The molecule has 3 N–H and O–H groups in total. The van der Waals surface area contributed by atoms with Crippen molar-refractivity contribution in [1.82, 2.24) is 0 Å². The molecule has 20 heavy (non-hydrogen) atoms. The van der Waals surface area contributed by atoms with Gasteiger partial charge in [-0.25, -0.2) is 18.0 Å². The monoisotopic (exact) mass is 290 g/mol. The third-order valence-corrected chi connectivity index (χ3v) is 2.95. The average molecular weight is 290 g/mol. The molecule has 0 spiro atoms. The Labute approximate surface area is 112 Å². The SMILES string of the molecule is O=C(O)[C@H](O)CNc1cc(F)c(N2CC(F)C2)c(F)c1. The first kappa shape index (κ1) is 14.4. The summed E-state index contributed by atoms with van der Waals surface area (Å²) in [5, 5.41) is 19.9. The van der Waals surface area contributed by atoms with Crippen LogP contribution in [0.1, 0.15) is 0 Å². The van der Waals surface area contributed by atoms with Gasteiger partial charge in [0.2, 0.25) is 0 Å². The van der Waals surface area contributed by atoms with Crippen LogP contribution >= 0.6 is 0 Å². The van der Waals surface area contributed by atoms with Gasteiger partial charge in [0.1, 0.15) is 11.9 Å². The van der Waals surface area contributed by atoms with Crippen molar-refractivity contribution >= 4 is 17.3 Å². The highest BCUT2D eigenvalue weighted by molar-refractivity contribution is 5.73. The standard InChI is InChI=1S/C12H13F3N2O3/c13-6-4-17(5-6)11-8(14)1-7(2-9(11)15)16-3-10(18)12(19)20/h1-2,6,10,16,18H,3-5H2,(H,19,20)/t10-/m1/s1. The van der Waals surface area contributed by atoms with E-state index in [4.69, 9.17) is 10.2 Å². The molecule has 1 heterocycles. The summed E-state index contributed by atoms with van der Waals surface area (Å²) in [5.41, 5.74) is -0.301. The number of benzene rings is 1. The smallest absolute Gasteiger partial charge is 0.334 e. The number of nitrogens with one attached hydrogen (secondary N) is 1. The number of carbonyl (C=O) groups is 1. The minimum Gasteiger partial charge on any atom is -0.479 e. The molecule has 1 saturated heterocycles. The predicted molar refractivity (Wildman–Crippen MR) is 65.6 cm³/mol.